The summed E-state index contributed by atoms with van der Waals surface area (Å²) in [5.41, 5.74) is 8.62. The SMILES string of the molecule is CC(C)(C)c1cc(-c2ccccc2C2CC3C=Cc4ccccc4C3C2)c(O)c(C(C)(C)C)c1.[CH3-].[Cl][Ti][Cl]. The van der Waals surface area contributed by atoms with Gasteiger partial charge in [0, 0.05) is 11.1 Å². The van der Waals surface area contributed by atoms with Crippen molar-refractivity contribution in [3.05, 3.63) is 102 Å². The normalized spacial score (nSPS) is 19.9. The van der Waals surface area contributed by atoms with Crippen LogP contribution in [0.1, 0.15) is 94.0 Å². The molecule has 0 heterocycles. The van der Waals surface area contributed by atoms with Crippen LogP contribution in [0.3, 0.4) is 0 Å². The third kappa shape index (κ3) is 6.44. The Balaban J connectivity index is 0.000000956. The number of phenolic OH excluding ortho intramolecular Hbond substituents is 1. The fourth-order valence-corrected chi connectivity index (χ4v) is 6.06. The van der Waals surface area contributed by atoms with Gasteiger partial charge in [-0.3, -0.25) is 0 Å². The maximum absolute atomic E-state index is 11.6. The summed E-state index contributed by atoms with van der Waals surface area (Å²) in [6.07, 6.45) is 7.08. The molecule has 1 N–H and O–H groups in total. The number of hydrogen-bond acceptors (Lipinski definition) is 1. The monoisotopic (exact) mass is 583 g/mol. The molecule has 3 aromatic carbocycles. The number of phenols is 1. The van der Waals surface area contributed by atoms with Gasteiger partial charge in [0.2, 0.25) is 0 Å². The Bertz CT molecular complexity index is 1280. The van der Waals surface area contributed by atoms with Crippen LogP contribution in [0.2, 0.25) is 0 Å². The van der Waals surface area contributed by atoms with E-state index in [0.717, 1.165) is 17.5 Å². The first-order chi connectivity index (χ1) is 17.5. The summed E-state index contributed by atoms with van der Waals surface area (Å²) in [6, 6.07) is 22.1. The number of aromatic hydroxyl groups is 1. The number of halogens is 2. The Hall–Kier alpha value is -1.51. The molecule has 2 aliphatic carbocycles. The molecule has 3 atom stereocenters. The third-order valence-corrected chi connectivity index (χ3v) is 8.01. The van der Waals surface area contributed by atoms with Gasteiger partial charge in [-0.15, -0.1) is 0 Å². The first-order valence-corrected chi connectivity index (χ1v) is 17.5. The van der Waals surface area contributed by atoms with Gasteiger partial charge in [-0.05, 0) is 75.3 Å². The minimum atomic E-state index is -0.556. The molecule has 5 rings (SSSR count). The Kier molecular flexibility index (Phi) is 10.1. The molecular weight excluding hydrogens is 543 g/mol. The number of rotatable bonds is 2. The number of benzene rings is 3. The van der Waals surface area contributed by atoms with Gasteiger partial charge in [0.1, 0.15) is 5.75 Å². The van der Waals surface area contributed by atoms with Crippen LogP contribution in [0.15, 0.2) is 66.7 Å². The molecule has 0 bridgehead atoms. The zero-order valence-electron chi connectivity index (χ0n) is 23.8. The molecule has 1 nitrogen and oxygen atoms in total. The van der Waals surface area contributed by atoms with E-state index in [4.69, 9.17) is 18.6 Å². The van der Waals surface area contributed by atoms with E-state index in [1.807, 2.05) is 0 Å². The topological polar surface area (TPSA) is 20.2 Å². The molecule has 38 heavy (non-hydrogen) atoms. The molecule has 0 amide bonds. The molecule has 0 aromatic heterocycles. The van der Waals surface area contributed by atoms with E-state index in [1.165, 1.54) is 34.2 Å². The summed E-state index contributed by atoms with van der Waals surface area (Å²) in [6.45, 7) is 13.3. The summed E-state index contributed by atoms with van der Waals surface area (Å²) in [4.78, 5) is 0. The first kappa shape index (κ1) is 31.0. The van der Waals surface area contributed by atoms with E-state index in [9.17, 15) is 5.11 Å². The Morgan fingerprint density at radius 2 is 1.39 bits per heavy atom. The predicted octanol–water partition coefficient (Wildman–Crippen LogP) is 10.8. The van der Waals surface area contributed by atoms with E-state index >= 15 is 0 Å². The van der Waals surface area contributed by atoms with Gasteiger partial charge in [0.05, 0.1) is 0 Å². The summed E-state index contributed by atoms with van der Waals surface area (Å²) < 4.78 is 0. The Morgan fingerprint density at radius 1 is 0.789 bits per heavy atom. The van der Waals surface area contributed by atoms with Crippen molar-refractivity contribution in [1.82, 2.24) is 0 Å². The van der Waals surface area contributed by atoms with Crippen molar-refractivity contribution in [1.29, 1.82) is 0 Å². The molecule has 0 spiro atoms. The quantitative estimate of drug-likeness (QED) is 0.235. The van der Waals surface area contributed by atoms with Gasteiger partial charge >= 0.3 is 35.6 Å². The fraction of sp³-hybridized carbons (Fsp3) is 0.382. The molecule has 4 heteroatoms. The molecule has 1 fully saturated rings. The second kappa shape index (κ2) is 12.3. The summed E-state index contributed by atoms with van der Waals surface area (Å²) in [7, 11) is 9.78. The van der Waals surface area contributed by atoms with E-state index in [-0.39, 0.29) is 18.3 Å². The van der Waals surface area contributed by atoms with Gasteiger partial charge in [0.25, 0.3) is 0 Å². The van der Waals surface area contributed by atoms with Crippen molar-refractivity contribution in [3.63, 3.8) is 0 Å². The average molecular weight is 584 g/mol. The van der Waals surface area contributed by atoms with Crippen LogP contribution in [0.5, 0.6) is 5.75 Å². The minimum absolute atomic E-state index is 0. The summed E-state index contributed by atoms with van der Waals surface area (Å²) >= 11 is -0.556. The van der Waals surface area contributed by atoms with Gasteiger partial charge in [-0.25, -0.2) is 0 Å². The molecule has 0 aliphatic heterocycles. The van der Waals surface area contributed by atoms with Crippen LogP contribution in [-0.2, 0) is 27.9 Å². The standard InChI is InChI=1S/C33H38O.CH3.2ClH.Ti/c1-32(2,3)24-19-29(31(34)30(20-24)33(4,5)6)27-14-10-9-13-26(27)23-17-22-16-15-21-11-7-8-12-25(21)28(22)18-23;;;;/h7-16,19-20,22-23,28,34H,17-18H2,1-6H3;1H3;2*1H;/q;-1;;;+2/p-2. The maximum atomic E-state index is 11.6. The van der Waals surface area contributed by atoms with E-state index < -0.39 is 17.0 Å². The Labute approximate surface area is 247 Å². The zero-order valence-corrected chi connectivity index (χ0v) is 26.9. The van der Waals surface area contributed by atoms with Gasteiger partial charge in [-0.2, -0.15) is 0 Å². The van der Waals surface area contributed by atoms with Crippen LogP contribution in [-0.4, -0.2) is 5.11 Å². The van der Waals surface area contributed by atoms with Gasteiger partial charge in [-0.1, -0.05) is 108 Å². The van der Waals surface area contributed by atoms with Crippen molar-refractivity contribution in [2.75, 3.05) is 0 Å². The second-order valence-electron chi connectivity index (χ2n) is 12.5. The molecule has 0 saturated heterocycles. The second-order valence-corrected chi connectivity index (χ2v) is 15.1. The zero-order chi connectivity index (χ0) is 27.0. The van der Waals surface area contributed by atoms with Gasteiger partial charge < -0.3 is 12.5 Å². The molecule has 3 unspecified atom stereocenters. The molecular formula is C34H41Cl2OTi-. The molecule has 0 radical (unpaired) electrons. The summed E-state index contributed by atoms with van der Waals surface area (Å²) in [5, 5.41) is 11.6. The van der Waals surface area contributed by atoms with Crippen molar-refractivity contribution >= 4 is 24.7 Å². The van der Waals surface area contributed by atoms with E-state index in [1.54, 1.807) is 0 Å². The van der Waals surface area contributed by atoms with Crippen LogP contribution in [0.25, 0.3) is 17.2 Å². The van der Waals surface area contributed by atoms with Crippen molar-refractivity contribution < 1.29 is 22.1 Å². The predicted molar refractivity (Wildman–Crippen MR) is 163 cm³/mol. The van der Waals surface area contributed by atoms with Crippen LogP contribution >= 0.6 is 18.6 Å². The van der Waals surface area contributed by atoms with Crippen molar-refractivity contribution in [2.45, 2.75) is 77.0 Å². The fourth-order valence-electron chi connectivity index (χ4n) is 6.06. The van der Waals surface area contributed by atoms with E-state index in [2.05, 4.69) is 114 Å². The molecule has 202 valence electrons. The van der Waals surface area contributed by atoms with Gasteiger partial charge in [0.15, 0.2) is 0 Å². The van der Waals surface area contributed by atoms with Crippen LogP contribution < -0.4 is 0 Å². The average Bonchev–Trinajstić information content (AvgIpc) is 3.28. The van der Waals surface area contributed by atoms with Crippen LogP contribution in [0, 0.1) is 13.3 Å². The van der Waals surface area contributed by atoms with Crippen molar-refractivity contribution in [2.24, 2.45) is 5.92 Å². The van der Waals surface area contributed by atoms with Crippen LogP contribution in [0.4, 0.5) is 0 Å². The number of allylic oxidation sites excluding steroid dienone is 1. The molecule has 2 aliphatic rings. The number of hydrogen-bond donors (Lipinski definition) is 1. The number of fused-ring (bicyclic) bond motifs is 3. The van der Waals surface area contributed by atoms with E-state index in [0.29, 0.717) is 23.5 Å². The van der Waals surface area contributed by atoms with Crippen molar-refractivity contribution in [3.8, 4) is 16.9 Å². The first-order valence-electron chi connectivity index (χ1n) is 13.2. The third-order valence-electron chi connectivity index (χ3n) is 8.01. The molecule has 3 aromatic rings. The molecule has 1 saturated carbocycles. The Morgan fingerprint density at radius 3 is 2.03 bits per heavy atom. The summed E-state index contributed by atoms with van der Waals surface area (Å²) in [5.74, 6) is 2.10.